The molecule has 1 aliphatic carbocycles. The molecular weight excluding hydrogens is 807 g/mol. The molecule has 4 heterocycles. The lowest BCUT2D eigenvalue weighted by molar-refractivity contribution is 0.661. The van der Waals surface area contributed by atoms with Crippen molar-refractivity contribution >= 4 is 65.6 Å². The average Bonchev–Trinajstić information content (AvgIpc) is 4.08. The number of fused-ring (bicyclic) bond motifs is 12. The monoisotopic (exact) mass is 845 g/mol. The van der Waals surface area contributed by atoms with Crippen LogP contribution in [0.25, 0.3) is 122 Å². The molecular formula is C60H39N5O. The Morgan fingerprint density at radius 2 is 0.985 bits per heavy atom. The van der Waals surface area contributed by atoms with Crippen LogP contribution in [0.3, 0.4) is 0 Å². The van der Waals surface area contributed by atoms with E-state index >= 15 is 0 Å². The Bertz CT molecular complexity index is 4080. The van der Waals surface area contributed by atoms with E-state index in [-0.39, 0.29) is 5.41 Å². The number of benzene rings is 9. The highest BCUT2D eigenvalue weighted by Gasteiger charge is 2.36. The predicted molar refractivity (Wildman–Crippen MR) is 270 cm³/mol. The van der Waals surface area contributed by atoms with E-state index in [1.54, 1.807) is 0 Å². The Balaban J connectivity index is 1.03. The van der Waals surface area contributed by atoms with Gasteiger partial charge in [-0.05, 0) is 81.9 Å². The van der Waals surface area contributed by atoms with Crippen LogP contribution in [0.1, 0.15) is 25.0 Å². The summed E-state index contributed by atoms with van der Waals surface area (Å²) >= 11 is 0. The van der Waals surface area contributed by atoms with E-state index in [0.717, 1.165) is 82.7 Å². The Kier molecular flexibility index (Phi) is 7.64. The molecule has 6 nitrogen and oxygen atoms in total. The number of furan rings is 1. The molecule has 310 valence electrons. The zero-order valence-corrected chi connectivity index (χ0v) is 36.2. The second-order valence-corrected chi connectivity index (χ2v) is 18.0. The van der Waals surface area contributed by atoms with Gasteiger partial charge in [0.1, 0.15) is 5.58 Å². The molecule has 0 spiro atoms. The van der Waals surface area contributed by atoms with Crippen LogP contribution in [-0.2, 0) is 5.41 Å². The van der Waals surface area contributed by atoms with Gasteiger partial charge in [-0.25, -0.2) is 4.98 Å². The summed E-state index contributed by atoms with van der Waals surface area (Å²) in [5, 5.41) is 6.89. The maximum Gasteiger partial charge on any atom is 0.238 e. The van der Waals surface area contributed by atoms with Gasteiger partial charge in [0.25, 0.3) is 0 Å². The molecule has 4 aromatic heterocycles. The Morgan fingerprint density at radius 1 is 0.379 bits per heavy atom. The van der Waals surface area contributed by atoms with E-state index in [0.29, 0.717) is 17.6 Å². The Hall–Kier alpha value is -8.61. The first-order valence-electron chi connectivity index (χ1n) is 22.5. The molecule has 1 aliphatic rings. The first-order valence-corrected chi connectivity index (χ1v) is 22.5. The topological polar surface area (TPSA) is 61.7 Å². The molecule has 0 saturated carbocycles. The summed E-state index contributed by atoms with van der Waals surface area (Å²) in [6, 6.07) is 71.3. The highest BCUT2D eigenvalue weighted by Crippen LogP contribution is 2.51. The van der Waals surface area contributed by atoms with Crippen LogP contribution in [0.5, 0.6) is 0 Å². The van der Waals surface area contributed by atoms with Gasteiger partial charge >= 0.3 is 0 Å². The number of nitrogens with zero attached hydrogens (tertiary/aromatic N) is 5. The van der Waals surface area contributed by atoms with Gasteiger partial charge in [0, 0.05) is 48.9 Å². The molecule has 6 heteroatoms. The zero-order chi connectivity index (χ0) is 43.7. The van der Waals surface area contributed by atoms with E-state index < -0.39 is 0 Å². The third-order valence-electron chi connectivity index (χ3n) is 14.0. The van der Waals surface area contributed by atoms with Crippen LogP contribution >= 0.6 is 0 Å². The van der Waals surface area contributed by atoms with Crippen LogP contribution in [0.2, 0.25) is 0 Å². The van der Waals surface area contributed by atoms with Gasteiger partial charge in [0.2, 0.25) is 5.95 Å². The Labute approximate surface area is 379 Å². The first kappa shape index (κ1) is 36.8. The van der Waals surface area contributed by atoms with Crippen molar-refractivity contribution in [1.82, 2.24) is 24.1 Å². The number of rotatable bonds is 5. The molecule has 0 bridgehead atoms. The number of hydrogen-bond acceptors (Lipinski definition) is 4. The van der Waals surface area contributed by atoms with Crippen molar-refractivity contribution in [3.63, 3.8) is 0 Å². The average molecular weight is 846 g/mol. The van der Waals surface area contributed by atoms with E-state index in [4.69, 9.17) is 19.4 Å². The van der Waals surface area contributed by atoms with Crippen molar-refractivity contribution < 1.29 is 4.42 Å². The van der Waals surface area contributed by atoms with Crippen molar-refractivity contribution in [3.8, 4) is 56.7 Å². The largest absolute Gasteiger partial charge is 0.454 e. The molecule has 0 atom stereocenters. The number of aromatic nitrogens is 5. The summed E-state index contributed by atoms with van der Waals surface area (Å²) in [6.45, 7) is 4.67. The summed E-state index contributed by atoms with van der Waals surface area (Å²) in [7, 11) is 0. The first-order chi connectivity index (χ1) is 32.5. The van der Waals surface area contributed by atoms with E-state index in [1.807, 2.05) is 42.5 Å². The summed E-state index contributed by atoms with van der Waals surface area (Å²) < 4.78 is 11.3. The van der Waals surface area contributed by atoms with Crippen molar-refractivity contribution in [2.75, 3.05) is 0 Å². The van der Waals surface area contributed by atoms with Crippen LogP contribution in [0, 0.1) is 0 Å². The highest BCUT2D eigenvalue weighted by atomic mass is 16.3. The number of para-hydroxylation sites is 3. The zero-order valence-electron chi connectivity index (χ0n) is 36.2. The van der Waals surface area contributed by atoms with Crippen molar-refractivity contribution in [2.24, 2.45) is 0 Å². The summed E-state index contributed by atoms with van der Waals surface area (Å²) in [4.78, 5) is 15.6. The molecule has 0 aliphatic heterocycles. The SMILES string of the molecule is CC1(C)c2ccccc2-c2cc3c4cc(-c5ccc6c7ccccc7n(-c7cccc8c7oc7ccccc78)c6c5)ccc4n(-c4nc(-c5ccccc5)nc(-c5ccccc5)n4)c3cc21. The summed E-state index contributed by atoms with van der Waals surface area (Å²) in [5.41, 5.74) is 16.2. The van der Waals surface area contributed by atoms with Gasteiger partial charge in [-0.2, -0.15) is 9.97 Å². The molecule has 0 radical (unpaired) electrons. The lowest BCUT2D eigenvalue weighted by Crippen LogP contribution is -2.15. The Morgan fingerprint density at radius 3 is 1.79 bits per heavy atom. The van der Waals surface area contributed by atoms with Crippen LogP contribution in [-0.4, -0.2) is 24.1 Å². The minimum Gasteiger partial charge on any atom is -0.454 e. The molecule has 0 unspecified atom stereocenters. The maximum atomic E-state index is 6.64. The fourth-order valence-electron chi connectivity index (χ4n) is 10.8. The minimum atomic E-state index is -0.198. The molecule has 66 heavy (non-hydrogen) atoms. The quantitative estimate of drug-likeness (QED) is 0.173. The van der Waals surface area contributed by atoms with Crippen molar-refractivity contribution in [2.45, 2.75) is 19.3 Å². The highest BCUT2D eigenvalue weighted by molar-refractivity contribution is 6.15. The van der Waals surface area contributed by atoms with Gasteiger partial charge in [-0.15, -0.1) is 0 Å². The van der Waals surface area contributed by atoms with Gasteiger partial charge in [0.15, 0.2) is 17.2 Å². The lowest BCUT2D eigenvalue weighted by atomic mass is 9.82. The molecule has 9 aromatic carbocycles. The van der Waals surface area contributed by atoms with Gasteiger partial charge in [-0.3, -0.25) is 4.57 Å². The predicted octanol–water partition coefficient (Wildman–Crippen LogP) is 15.3. The van der Waals surface area contributed by atoms with Crippen LogP contribution in [0.15, 0.2) is 205 Å². The van der Waals surface area contributed by atoms with E-state index in [1.165, 1.54) is 33.0 Å². The molecule has 0 fully saturated rings. The second kappa shape index (κ2) is 13.7. The summed E-state index contributed by atoms with van der Waals surface area (Å²) in [5.74, 6) is 1.83. The molecule has 0 amide bonds. The van der Waals surface area contributed by atoms with Crippen molar-refractivity contribution in [3.05, 3.63) is 211 Å². The van der Waals surface area contributed by atoms with Crippen LogP contribution in [0.4, 0.5) is 0 Å². The van der Waals surface area contributed by atoms with E-state index in [2.05, 4.69) is 181 Å². The second-order valence-electron chi connectivity index (χ2n) is 18.0. The molecule has 13 aromatic rings. The standard InChI is InChI=1S/C60H39N5O/c1-60(2)48-24-12-9-20-40(48)45-34-47-46-32-38(29-31-51(46)65(54(47)35-49(45)60)59-62-57(36-16-5-3-6-17-36)61-58(63-59)37-18-7-4-8-19-37)39-28-30-42-41-21-10-13-25-50(41)64(53(42)33-39)52-26-15-23-44-43-22-11-14-27-55(43)66-56(44)52/h3-35H,1-2H3. The number of hydrogen-bond donors (Lipinski definition) is 0. The fraction of sp³-hybridized carbons (Fsp3) is 0.0500. The van der Waals surface area contributed by atoms with Crippen LogP contribution < -0.4 is 0 Å². The third kappa shape index (κ3) is 5.27. The van der Waals surface area contributed by atoms with Gasteiger partial charge < -0.3 is 8.98 Å². The molecule has 0 N–H and O–H groups in total. The molecule has 0 saturated heterocycles. The van der Waals surface area contributed by atoms with Crippen molar-refractivity contribution in [1.29, 1.82) is 0 Å². The fourth-order valence-corrected chi connectivity index (χ4v) is 10.8. The lowest BCUT2D eigenvalue weighted by Gasteiger charge is -2.21. The van der Waals surface area contributed by atoms with Gasteiger partial charge in [-0.1, -0.05) is 166 Å². The molecule has 14 rings (SSSR count). The normalized spacial score (nSPS) is 13.1. The van der Waals surface area contributed by atoms with Gasteiger partial charge in [0.05, 0.1) is 27.8 Å². The third-order valence-corrected chi connectivity index (χ3v) is 14.0. The minimum absolute atomic E-state index is 0.198. The summed E-state index contributed by atoms with van der Waals surface area (Å²) in [6.07, 6.45) is 0. The smallest absolute Gasteiger partial charge is 0.238 e. The van der Waals surface area contributed by atoms with E-state index in [9.17, 15) is 0 Å². The maximum absolute atomic E-state index is 6.64.